The lowest BCUT2D eigenvalue weighted by Crippen LogP contribution is -2.38. The number of nitrogens with zero attached hydrogens (tertiary/aromatic N) is 1. The zero-order chi connectivity index (χ0) is 16.4. The quantitative estimate of drug-likeness (QED) is 0.831. The summed E-state index contributed by atoms with van der Waals surface area (Å²) in [4.78, 5) is 25.5. The molecule has 23 heavy (non-hydrogen) atoms. The Labute approximate surface area is 140 Å². The van der Waals surface area contributed by atoms with Crippen LogP contribution in [-0.4, -0.2) is 25.0 Å². The van der Waals surface area contributed by atoms with Crippen LogP contribution in [0.1, 0.15) is 10.6 Å². The van der Waals surface area contributed by atoms with Crippen LogP contribution in [0.4, 0.5) is 11.4 Å². The first-order valence-corrected chi connectivity index (χ1v) is 7.62. The van der Waals surface area contributed by atoms with E-state index >= 15 is 0 Å². The molecular weight excluding hydrogens is 364 g/mol. The number of nitrogens with one attached hydrogen (secondary N) is 1. The zero-order valence-corrected chi connectivity index (χ0v) is 13.6. The molecule has 0 atom stereocenters. The van der Waals surface area contributed by atoms with Crippen molar-refractivity contribution < 1.29 is 18.7 Å². The summed E-state index contributed by atoms with van der Waals surface area (Å²) < 4.78 is 11.1. The van der Waals surface area contributed by atoms with Crippen LogP contribution in [0.15, 0.2) is 52.1 Å². The van der Waals surface area contributed by atoms with Crippen molar-refractivity contribution in [3.8, 4) is 5.75 Å². The van der Waals surface area contributed by atoms with E-state index in [0.29, 0.717) is 28.3 Å². The Morgan fingerprint density at radius 3 is 2.91 bits per heavy atom. The summed E-state index contributed by atoms with van der Waals surface area (Å²) in [6.07, 6.45) is 1.65. The second-order valence-corrected chi connectivity index (χ2v) is 5.60. The number of amides is 2. The number of halogens is 1. The highest BCUT2D eigenvalue weighted by Crippen LogP contribution is 2.34. The number of hydrogen-bond acceptors (Lipinski definition) is 4. The molecule has 0 aliphatic carbocycles. The molecule has 7 heteroatoms. The Morgan fingerprint density at radius 2 is 2.22 bits per heavy atom. The van der Waals surface area contributed by atoms with Crippen molar-refractivity contribution in [2.24, 2.45) is 0 Å². The third-order valence-electron chi connectivity index (χ3n) is 3.27. The molecule has 2 heterocycles. The van der Waals surface area contributed by atoms with Crippen molar-refractivity contribution in [1.82, 2.24) is 0 Å². The first-order chi connectivity index (χ1) is 11.1. The van der Waals surface area contributed by atoms with E-state index in [1.54, 1.807) is 41.3 Å². The van der Waals surface area contributed by atoms with Gasteiger partial charge >= 0.3 is 0 Å². The van der Waals surface area contributed by atoms with E-state index in [1.165, 1.54) is 0 Å². The maximum atomic E-state index is 12.1. The molecule has 0 bridgehead atoms. The average molecular weight is 377 g/mol. The van der Waals surface area contributed by atoms with Crippen molar-refractivity contribution in [1.29, 1.82) is 0 Å². The third-order valence-corrected chi connectivity index (χ3v) is 3.70. The molecule has 0 radical (unpaired) electrons. The largest absolute Gasteiger partial charge is 0.481 e. The normalized spacial score (nSPS) is 13.3. The van der Waals surface area contributed by atoms with Crippen molar-refractivity contribution in [2.45, 2.75) is 0 Å². The molecule has 1 N–H and O–H groups in total. The fourth-order valence-electron chi connectivity index (χ4n) is 2.24. The van der Waals surface area contributed by atoms with Crippen LogP contribution < -0.4 is 15.0 Å². The first-order valence-electron chi connectivity index (χ1n) is 6.83. The summed E-state index contributed by atoms with van der Waals surface area (Å²) in [6, 6.07) is 8.31. The number of carbonyl (C=O) groups is 2. The minimum Gasteiger partial charge on any atom is -0.481 e. The number of anilines is 2. The lowest BCUT2D eigenvalue weighted by atomic mass is 10.2. The topological polar surface area (TPSA) is 71.8 Å². The van der Waals surface area contributed by atoms with Crippen molar-refractivity contribution in [2.75, 3.05) is 23.4 Å². The highest BCUT2D eigenvalue weighted by atomic mass is 79.9. The van der Waals surface area contributed by atoms with Crippen LogP contribution in [0, 0.1) is 0 Å². The van der Waals surface area contributed by atoms with Gasteiger partial charge in [-0.15, -0.1) is 6.58 Å². The third kappa shape index (κ3) is 3.14. The van der Waals surface area contributed by atoms with Gasteiger partial charge in [-0.05, 0) is 40.2 Å². The fraction of sp³-hybridized carbons (Fsp3) is 0.125. The molecule has 2 amide bonds. The summed E-state index contributed by atoms with van der Waals surface area (Å²) in [6.45, 7) is 4.01. The Kier molecular flexibility index (Phi) is 4.20. The second kappa shape index (κ2) is 6.29. The van der Waals surface area contributed by atoms with Crippen LogP contribution in [0.5, 0.6) is 5.75 Å². The molecule has 1 aliphatic rings. The average Bonchev–Trinajstić information content (AvgIpc) is 2.97. The molecule has 1 aliphatic heterocycles. The number of furan rings is 1. The number of benzene rings is 1. The van der Waals surface area contributed by atoms with Gasteiger partial charge in [-0.25, -0.2) is 0 Å². The predicted octanol–water partition coefficient (Wildman–Crippen LogP) is 3.21. The van der Waals surface area contributed by atoms with E-state index in [-0.39, 0.29) is 24.2 Å². The van der Waals surface area contributed by atoms with E-state index < -0.39 is 0 Å². The summed E-state index contributed by atoms with van der Waals surface area (Å²) in [7, 11) is 0. The Hall–Kier alpha value is -2.54. The van der Waals surface area contributed by atoms with E-state index in [0.717, 1.165) is 0 Å². The SMILES string of the molecule is C=CCN1C(=O)COc2cc(NC(=O)c3ccc(Br)o3)ccc21. The molecule has 0 saturated carbocycles. The molecule has 0 saturated heterocycles. The summed E-state index contributed by atoms with van der Waals surface area (Å²) >= 11 is 3.15. The number of fused-ring (bicyclic) bond motifs is 1. The molecule has 1 aromatic heterocycles. The fourth-order valence-corrected chi connectivity index (χ4v) is 2.55. The molecule has 3 rings (SSSR count). The van der Waals surface area contributed by atoms with Gasteiger partial charge in [0.15, 0.2) is 17.0 Å². The van der Waals surface area contributed by atoms with Gasteiger partial charge in [0.25, 0.3) is 11.8 Å². The van der Waals surface area contributed by atoms with Crippen molar-refractivity contribution in [3.05, 3.63) is 53.4 Å². The van der Waals surface area contributed by atoms with Crippen LogP contribution in [0.3, 0.4) is 0 Å². The predicted molar refractivity (Wildman–Crippen MR) is 88.8 cm³/mol. The van der Waals surface area contributed by atoms with Gasteiger partial charge in [0.05, 0.1) is 5.69 Å². The lowest BCUT2D eigenvalue weighted by Gasteiger charge is -2.28. The van der Waals surface area contributed by atoms with Gasteiger partial charge in [0.1, 0.15) is 5.75 Å². The molecule has 118 valence electrons. The minimum absolute atomic E-state index is 0.0383. The van der Waals surface area contributed by atoms with Crippen LogP contribution >= 0.6 is 15.9 Å². The van der Waals surface area contributed by atoms with E-state index in [1.807, 2.05) is 0 Å². The molecule has 6 nitrogen and oxygen atoms in total. The van der Waals surface area contributed by atoms with Gasteiger partial charge < -0.3 is 19.4 Å². The Morgan fingerprint density at radius 1 is 1.39 bits per heavy atom. The summed E-state index contributed by atoms with van der Waals surface area (Å²) in [5.74, 6) is 0.226. The van der Waals surface area contributed by atoms with Gasteiger partial charge in [0, 0.05) is 18.3 Å². The Balaban J connectivity index is 1.82. The molecular formula is C16H13BrN2O4. The van der Waals surface area contributed by atoms with Crippen molar-refractivity contribution >= 4 is 39.1 Å². The Bertz CT molecular complexity index is 784. The maximum absolute atomic E-state index is 12.1. The highest BCUT2D eigenvalue weighted by molar-refractivity contribution is 9.10. The first kappa shape index (κ1) is 15.4. The summed E-state index contributed by atoms with van der Waals surface area (Å²) in [5, 5.41) is 2.72. The smallest absolute Gasteiger partial charge is 0.291 e. The van der Waals surface area contributed by atoms with Crippen LogP contribution in [-0.2, 0) is 4.79 Å². The standard InChI is InChI=1S/C16H13BrN2O4/c1-2-7-19-11-4-3-10(8-13(11)22-9-15(19)20)18-16(21)12-5-6-14(17)23-12/h2-6,8H,1,7,9H2,(H,18,21). The van der Waals surface area contributed by atoms with Gasteiger partial charge in [0.2, 0.25) is 0 Å². The number of carbonyl (C=O) groups excluding carboxylic acids is 2. The second-order valence-electron chi connectivity index (χ2n) is 4.82. The zero-order valence-electron chi connectivity index (χ0n) is 12.0. The number of ether oxygens (including phenoxy) is 1. The van der Waals surface area contributed by atoms with E-state index in [2.05, 4.69) is 27.8 Å². The molecule has 0 unspecified atom stereocenters. The molecule has 0 fully saturated rings. The minimum atomic E-state index is -0.370. The maximum Gasteiger partial charge on any atom is 0.291 e. The highest BCUT2D eigenvalue weighted by Gasteiger charge is 2.25. The van der Waals surface area contributed by atoms with E-state index in [4.69, 9.17) is 9.15 Å². The summed E-state index contributed by atoms with van der Waals surface area (Å²) in [5.41, 5.74) is 1.20. The molecule has 2 aromatic rings. The van der Waals surface area contributed by atoms with Gasteiger partial charge in [-0.3, -0.25) is 9.59 Å². The van der Waals surface area contributed by atoms with Gasteiger partial charge in [-0.1, -0.05) is 6.08 Å². The van der Waals surface area contributed by atoms with Gasteiger partial charge in [-0.2, -0.15) is 0 Å². The molecule has 1 aromatic carbocycles. The number of rotatable bonds is 4. The lowest BCUT2D eigenvalue weighted by molar-refractivity contribution is -0.121. The van der Waals surface area contributed by atoms with Crippen molar-refractivity contribution in [3.63, 3.8) is 0 Å². The van der Waals surface area contributed by atoms with Crippen LogP contribution in [0.25, 0.3) is 0 Å². The number of hydrogen-bond donors (Lipinski definition) is 1. The van der Waals surface area contributed by atoms with Crippen LogP contribution in [0.2, 0.25) is 0 Å². The molecule has 0 spiro atoms. The monoisotopic (exact) mass is 376 g/mol. The van der Waals surface area contributed by atoms with E-state index in [9.17, 15) is 9.59 Å².